The molecule has 164 valence electrons. The van der Waals surface area contributed by atoms with Crippen LogP contribution >= 0.6 is 0 Å². The molecule has 0 bridgehead atoms. The van der Waals surface area contributed by atoms with E-state index in [1.807, 2.05) is 6.92 Å². The molecule has 1 saturated heterocycles. The lowest BCUT2D eigenvalue weighted by atomic mass is 10.1. The first-order valence-corrected chi connectivity index (χ1v) is 13.0. The molecule has 1 atom stereocenters. The largest absolute Gasteiger partial charge is 0.339 e. The van der Waals surface area contributed by atoms with Crippen LogP contribution in [-0.4, -0.2) is 69.6 Å². The molecule has 1 amide bonds. The van der Waals surface area contributed by atoms with Crippen molar-refractivity contribution in [3.05, 3.63) is 30.1 Å². The van der Waals surface area contributed by atoms with Crippen LogP contribution in [-0.2, 0) is 24.7 Å². The van der Waals surface area contributed by atoms with Crippen LogP contribution in [0.4, 0.5) is 4.39 Å². The summed E-state index contributed by atoms with van der Waals surface area (Å²) in [5.74, 6) is -0.556. The number of sulfone groups is 1. The Morgan fingerprint density at radius 3 is 2.38 bits per heavy atom. The summed E-state index contributed by atoms with van der Waals surface area (Å²) < 4.78 is 62.7. The van der Waals surface area contributed by atoms with E-state index in [-0.39, 0.29) is 41.3 Å². The molecule has 0 N–H and O–H groups in total. The Morgan fingerprint density at radius 1 is 1.17 bits per heavy atom. The van der Waals surface area contributed by atoms with Crippen molar-refractivity contribution in [3.8, 4) is 0 Å². The number of amides is 1. The molecule has 0 saturated carbocycles. The van der Waals surface area contributed by atoms with Crippen LogP contribution in [0.1, 0.15) is 39.0 Å². The third-order valence-corrected chi connectivity index (χ3v) is 8.73. The van der Waals surface area contributed by atoms with E-state index in [0.29, 0.717) is 19.4 Å². The summed E-state index contributed by atoms with van der Waals surface area (Å²) in [6, 6.07) is 4.30. The monoisotopic (exact) mass is 448 g/mol. The van der Waals surface area contributed by atoms with Crippen molar-refractivity contribution in [1.29, 1.82) is 0 Å². The van der Waals surface area contributed by atoms with Gasteiger partial charge in [0, 0.05) is 32.6 Å². The van der Waals surface area contributed by atoms with Crippen molar-refractivity contribution >= 4 is 25.8 Å². The van der Waals surface area contributed by atoms with Gasteiger partial charge < -0.3 is 4.90 Å². The number of carbonyl (C=O) groups excluding carboxylic acids is 1. The number of halogens is 1. The van der Waals surface area contributed by atoms with E-state index in [2.05, 4.69) is 0 Å². The van der Waals surface area contributed by atoms with Crippen LogP contribution in [0.25, 0.3) is 0 Å². The number of nitrogens with zero attached hydrogens (tertiary/aromatic N) is 2. The summed E-state index contributed by atoms with van der Waals surface area (Å²) in [4.78, 5) is 14.4. The summed E-state index contributed by atoms with van der Waals surface area (Å²) in [6.45, 7) is 2.65. The Hall–Kier alpha value is -1.52. The van der Waals surface area contributed by atoms with Gasteiger partial charge in [-0.3, -0.25) is 4.79 Å². The van der Waals surface area contributed by atoms with Crippen LogP contribution in [0.5, 0.6) is 0 Å². The average molecular weight is 449 g/mol. The summed E-state index contributed by atoms with van der Waals surface area (Å²) in [5, 5.41) is 0. The Bertz CT molecular complexity index is 901. The number of hydrogen-bond donors (Lipinski definition) is 0. The van der Waals surface area contributed by atoms with E-state index in [4.69, 9.17) is 0 Å². The van der Waals surface area contributed by atoms with Gasteiger partial charge in [0.1, 0.15) is 5.82 Å². The Kier molecular flexibility index (Phi) is 8.18. The van der Waals surface area contributed by atoms with Gasteiger partial charge in [-0.15, -0.1) is 0 Å². The number of rotatable bonds is 10. The van der Waals surface area contributed by atoms with Crippen molar-refractivity contribution in [1.82, 2.24) is 9.21 Å². The van der Waals surface area contributed by atoms with E-state index < -0.39 is 25.7 Å². The fourth-order valence-corrected chi connectivity index (χ4v) is 6.30. The summed E-state index contributed by atoms with van der Waals surface area (Å²) >= 11 is 0. The zero-order chi connectivity index (χ0) is 21.7. The number of carbonyl (C=O) groups is 1. The lowest BCUT2D eigenvalue weighted by molar-refractivity contribution is -0.133. The van der Waals surface area contributed by atoms with E-state index in [9.17, 15) is 26.0 Å². The molecule has 0 aliphatic carbocycles. The molecule has 0 radical (unpaired) electrons. The number of benzene rings is 1. The third kappa shape index (κ3) is 6.48. The van der Waals surface area contributed by atoms with Gasteiger partial charge >= 0.3 is 0 Å². The maximum Gasteiger partial charge on any atom is 0.242 e. The minimum absolute atomic E-state index is 0.00129. The first kappa shape index (κ1) is 23.8. The highest BCUT2D eigenvalue weighted by atomic mass is 32.2. The van der Waals surface area contributed by atoms with Gasteiger partial charge in [-0.25, -0.2) is 25.5 Å². The minimum atomic E-state index is -3.76. The van der Waals surface area contributed by atoms with Gasteiger partial charge in [-0.05, 0) is 43.5 Å². The number of unbranched alkanes of at least 4 members (excludes halogenated alkanes) is 1. The van der Waals surface area contributed by atoms with Crippen molar-refractivity contribution in [2.24, 2.45) is 0 Å². The first-order chi connectivity index (χ1) is 13.6. The Morgan fingerprint density at radius 2 is 1.83 bits per heavy atom. The van der Waals surface area contributed by atoms with Gasteiger partial charge in [0.05, 0.1) is 16.4 Å². The highest BCUT2D eigenvalue weighted by molar-refractivity contribution is 7.91. The summed E-state index contributed by atoms with van der Waals surface area (Å²) in [6.07, 6.45) is 2.60. The zero-order valence-electron chi connectivity index (χ0n) is 16.9. The molecular formula is C19H29FN2O5S2. The minimum Gasteiger partial charge on any atom is -0.339 e. The smallest absolute Gasteiger partial charge is 0.242 e. The van der Waals surface area contributed by atoms with Gasteiger partial charge in [-0.1, -0.05) is 13.3 Å². The predicted molar refractivity (Wildman–Crippen MR) is 109 cm³/mol. The van der Waals surface area contributed by atoms with Gasteiger partial charge in [0.2, 0.25) is 15.9 Å². The molecule has 1 aliphatic rings. The summed E-state index contributed by atoms with van der Waals surface area (Å²) in [7, 11) is -5.43. The van der Waals surface area contributed by atoms with Crippen molar-refractivity contribution in [3.63, 3.8) is 0 Å². The number of sulfonamides is 1. The topological polar surface area (TPSA) is 91.8 Å². The maximum absolute atomic E-state index is 13.0. The number of hydrogen-bond acceptors (Lipinski definition) is 5. The van der Waals surface area contributed by atoms with Crippen LogP contribution < -0.4 is 0 Å². The SMILES string of the molecule is CCCCN(C(=O)CCCN(C)S(=O)(=O)c1ccc(F)cc1)C1CCS(=O)(=O)C1. The quantitative estimate of drug-likeness (QED) is 0.546. The third-order valence-electron chi connectivity index (χ3n) is 5.11. The van der Waals surface area contributed by atoms with E-state index >= 15 is 0 Å². The second-order valence-corrected chi connectivity index (χ2v) is 11.7. The molecule has 10 heteroatoms. The second-order valence-electron chi connectivity index (χ2n) is 7.38. The van der Waals surface area contributed by atoms with Gasteiger partial charge in [-0.2, -0.15) is 0 Å². The van der Waals surface area contributed by atoms with Crippen LogP contribution in [0.2, 0.25) is 0 Å². The lowest BCUT2D eigenvalue weighted by Crippen LogP contribution is -2.42. The second kappa shape index (κ2) is 9.99. The standard InChI is InChI=1S/C19H29FN2O5S2/c1-3-4-13-22(17-11-14-28(24,25)15-17)19(23)6-5-12-21(2)29(26,27)18-9-7-16(20)8-10-18/h7-10,17H,3-6,11-15H2,1-2H3. The van der Waals surface area contributed by atoms with Gasteiger partial charge in [0.25, 0.3) is 0 Å². The molecule has 1 aromatic rings. The summed E-state index contributed by atoms with van der Waals surface area (Å²) in [5.41, 5.74) is 0. The molecule has 0 aromatic heterocycles. The predicted octanol–water partition coefficient (Wildman–Crippen LogP) is 2.04. The first-order valence-electron chi connectivity index (χ1n) is 9.78. The lowest BCUT2D eigenvalue weighted by Gasteiger charge is -2.28. The van der Waals surface area contributed by atoms with Crippen molar-refractivity contribution in [2.75, 3.05) is 31.6 Å². The van der Waals surface area contributed by atoms with Gasteiger partial charge in [0.15, 0.2) is 9.84 Å². The zero-order valence-corrected chi connectivity index (χ0v) is 18.5. The van der Waals surface area contributed by atoms with Crippen LogP contribution in [0, 0.1) is 5.82 Å². The van der Waals surface area contributed by atoms with Crippen molar-refractivity contribution in [2.45, 2.75) is 50.0 Å². The Labute approximate surface area is 172 Å². The molecule has 29 heavy (non-hydrogen) atoms. The molecule has 1 heterocycles. The molecule has 1 fully saturated rings. The highest BCUT2D eigenvalue weighted by Gasteiger charge is 2.34. The van der Waals surface area contributed by atoms with Crippen LogP contribution in [0.15, 0.2) is 29.2 Å². The van der Waals surface area contributed by atoms with Crippen molar-refractivity contribution < 1.29 is 26.0 Å². The Balaban J connectivity index is 1.94. The van der Waals surface area contributed by atoms with E-state index in [1.165, 1.54) is 19.2 Å². The normalized spacial score (nSPS) is 18.8. The fourth-order valence-electron chi connectivity index (χ4n) is 3.36. The van der Waals surface area contributed by atoms with E-state index in [1.54, 1.807) is 4.90 Å². The maximum atomic E-state index is 13.0. The highest BCUT2D eigenvalue weighted by Crippen LogP contribution is 2.20. The van der Waals surface area contributed by atoms with E-state index in [0.717, 1.165) is 29.3 Å². The molecule has 1 unspecified atom stereocenters. The molecule has 1 aliphatic heterocycles. The molecule has 1 aromatic carbocycles. The average Bonchev–Trinajstić information content (AvgIpc) is 3.01. The van der Waals surface area contributed by atoms with Crippen LogP contribution in [0.3, 0.4) is 0 Å². The molecule has 7 nitrogen and oxygen atoms in total. The molecule has 0 spiro atoms. The molecule has 2 rings (SSSR count). The fraction of sp³-hybridized carbons (Fsp3) is 0.632. The molecular weight excluding hydrogens is 419 g/mol.